The number of fused-ring (bicyclic) bond motifs is 1. The van der Waals surface area contributed by atoms with E-state index in [4.69, 9.17) is 4.52 Å². The maximum Gasteiger partial charge on any atom is 0.274 e. The number of rotatable bonds is 3. The van der Waals surface area contributed by atoms with E-state index in [9.17, 15) is 4.79 Å². The number of carbonyl (C=O) groups excluding carboxylic acids is 1. The molecule has 0 saturated heterocycles. The van der Waals surface area contributed by atoms with Gasteiger partial charge in [-0.2, -0.15) is 5.10 Å². The average molecular weight is 288 g/mol. The van der Waals surface area contributed by atoms with Crippen molar-refractivity contribution in [3.8, 4) is 0 Å². The first-order valence-corrected chi connectivity index (χ1v) is 7.34. The number of hydrogen-bond donors (Lipinski definition) is 1. The molecule has 1 aliphatic rings. The lowest BCUT2D eigenvalue weighted by atomic mass is 9.96. The van der Waals surface area contributed by atoms with Crippen LogP contribution in [0.15, 0.2) is 10.7 Å². The van der Waals surface area contributed by atoms with E-state index in [0.717, 1.165) is 48.3 Å². The molecule has 6 nitrogen and oxygen atoms in total. The van der Waals surface area contributed by atoms with Crippen molar-refractivity contribution in [2.24, 2.45) is 7.05 Å². The third kappa shape index (κ3) is 2.57. The molecule has 2 heterocycles. The summed E-state index contributed by atoms with van der Waals surface area (Å²) in [4.78, 5) is 12.4. The molecule has 6 heteroatoms. The van der Waals surface area contributed by atoms with E-state index < -0.39 is 0 Å². The fraction of sp³-hybridized carbons (Fsp3) is 0.533. The van der Waals surface area contributed by atoms with Gasteiger partial charge in [-0.1, -0.05) is 5.16 Å². The lowest BCUT2D eigenvalue weighted by Crippen LogP contribution is -2.28. The van der Waals surface area contributed by atoms with Gasteiger partial charge in [-0.05, 0) is 33.1 Å². The highest BCUT2D eigenvalue weighted by atomic mass is 16.5. The third-order valence-corrected chi connectivity index (χ3v) is 4.03. The fourth-order valence-corrected chi connectivity index (χ4v) is 2.95. The van der Waals surface area contributed by atoms with Gasteiger partial charge >= 0.3 is 0 Å². The Bertz CT molecular complexity index is 671. The largest absolute Gasteiger partial charge is 0.360 e. The molecule has 1 atom stereocenters. The molecule has 0 aromatic carbocycles. The Balaban J connectivity index is 1.77. The molecule has 0 spiro atoms. The number of nitrogens with one attached hydrogen (secondary N) is 1. The smallest absolute Gasteiger partial charge is 0.274 e. The summed E-state index contributed by atoms with van der Waals surface area (Å²) in [6.07, 6.45) is 5.88. The summed E-state index contributed by atoms with van der Waals surface area (Å²) in [6, 6.07) is -0.109. The van der Waals surface area contributed by atoms with Crippen molar-refractivity contribution in [3.05, 3.63) is 34.5 Å². The van der Waals surface area contributed by atoms with Crippen molar-refractivity contribution in [1.82, 2.24) is 20.3 Å². The molecule has 0 fully saturated rings. The molecule has 2 aromatic rings. The topological polar surface area (TPSA) is 73.0 Å². The fourth-order valence-electron chi connectivity index (χ4n) is 2.95. The molecule has 0 saturated carbocycles. The van der Waals surface area contributed by atoms with Crippen molar-refractivity contribution in [2.45, 2.75) is 45.6 Å². The predicted molar refractivity (Wildman–Crippen MR) is 77.0 cm³/mol. The maximum absolute atomic E-state index is 12.4. The average Bonchev–Trinajstić information content (AvgIpc) is 3.01. The summed E-state index contributed by atoms with van der Waals surface area (Å²) in [7, 11) is 1.87. The minimum Gasteiger partial charge on any atom is -0.360 e. The van der Waals surface area contributed by atoms with E-state index in [1.54, 1.807) is 4.68 Å². The van der Waals surface area contributed by atoms with Crippen molar-refractivity contribution in [2.75, 3.05) is 0 Å². The number of hydrogen-bond acceptors (Lipinski definition) is 4. The van der Waals surface area contributed by atoms with Gasteiger partial charge in [-0.25, -0.2) is 0 Å². The zero-order valence-electron chi connectivity index (χ0n) is 12.6. The van der Waals surface area contributed by atoms with Crippen LogP contribution in [0.1, 0.15) is 58.9 Å². The first-order chi connectivity index (χ1) is 10.1. The van der Waals surface area contributed by atoms with Crippen LogP contribution in [0, 0.1) is 6.92 Å². The highest BCUT2D eigenvalue weighted by molar-refractivity contribution is 5.94. The quantitative estimate of drug-likeness (QED) is 0.938. The van der Waals surface area contributed by atoms with Crippen molar-refractivity contribution in [3.63, 3.8) is 0 Å². The molecule has 21 heavy (non-hydrogen) atoms. The second-order valence-electron chi connectivity index (χ2n) is 5.68. The van der Waals surface area contributed by atoms with Gasteiger partial charge in [-0.3, -0.25) is 9.48 Å². The third-order valence-electron chi connectivity index (χ3n) is 4.03. The first kappa shape index (κ1) is 13.9. The normalized spacial score (nSPS) is 15.6. The highest BCUT2D eigenvalue weighted by Crippen LogP contribution is 2.25. The summed E-state index contributed by atoms with van der Waals surface area (Å²) >= 11 is 0. The van der Waals surface area contributed by atoms with Crippen LogP contribution in [0.5, 0.6) is 0 Å². The summed E-state index contributed by atoms with van der Waals surface area (Å²) in [6.45, 7) is 3.89. The first-order valence-electron chi connectivity index (χ1n) is 7.34. The van der Waals surface area contributed by atoms with Gasteiger partial charge in [0.15, 0.2) is 5.69 Å². The Morgan fingerprint density at radius 3 is 2.90 bits per heavy atom. The van der Waals surface area contributed by atoms with Crippen LogP contribution in [0.2, 0.25) is 0 Å². The highest BCUT2D eigenvalue weighted by Gasteiger charge is 2.25. The van der Waals surface area contributed by atoms with Gasteiger partial charge in [0.25, 0.3) is 5.91 Å². The number of nitrogens with zero attached hydrogens (tertiary/aromatic N) is 3. The summed E-state index contributed by atoms with van der Waals surface area (Å²) < 4.78 is 7.05. The number of amides is 1. The summed E-state index contributed by atoms with van der Waals surface area (Å²) in [5.74, 6) is 0.703. The van der Waals surface area contributed by atoms with Crippen LogP contribution in [0.4, 0.5) is 0 Å². The Labute approximate surface area is 123 Å². The van der Waals surface area contributed by atoms with E-state index in [1.807, 2.05) is 27.1 Å². The van der Waals surface area contributed by atoms with Crippen LogP contribution >= 0.6 is 0 Å². The monoisotopic (exact) mass is 288 g/mol. The van der Waals surface area contributed by atoms with Crippen molar-refractivity contribution >= 4 is 5.91 Å². The van der Waals surface area contributed by atoms with E-state index in [-0.39, 0.29) is 11.9 Å². The molecule has 112 valence electrons. The molecule has 1 N–H and O–H groups in total. The van der Waals surface area contributed by atoms with Gasteiger partial charge in [0.05, 0.1) is 11.7 Å². The van der Waals surface area contributed by atoms with Gasteiger partial charge in [-0.15, -0.1) is 0 Å². The lowest BCUT2D eigenvalue weighted by Gasteiger charge is -2.13. The van der Waals surface area contributed by atoms with Gasteiger partial charge in [0.1, 0.15) is 5.76 Å². The molecule has 1 aliphatic carbocycles. The van der Waals surface area contributed by atoms with E-state index >= 15 is 0 Å². The SMILES string of the molecule is Cc1nn(C)cc1[C@@H](C)NC(=O)c1noc2c1CCCC2. The summed E-state index contributed by atoms with van der Waals surface area (Å²) in [5, 5.41) is 11.3. The zero-order valence-corrected chi connectivity index (χ0v) is 12.6. The Morgan fingerprint density at radius 1 is 1.43 bits per heavy atom. The van der Waals surface area contributed by atoms with Crippen molar-refractivity contribution < 1.29 is 9.32 Å². The molecule has 0 unspecified atom stereocenters. The number of carbonyl (C=O) groups is 1. The summed E-state index contributed by atoms with van der Waals surface area (Å²) in [5.41, 5.74) is 3.36. The van der Waals surface area contributed by atoms with E-state index in [1.165, 1.54) is 0 Å². The van der Waals surface area contributed by atoms with Crippen LogP contribution < -0.4 is 5.32 Å². The minimum absolute atomic E-state index is 0.109. The minimum atomic E-state index is -0.169. The molecule has 0 radical (unpaired) electrons. The second kappa shape index (κ2) is 5.35. The van der Waals surface area contributed by atoms with Crippen LogP contribution in [0.3, 0.4) is 0 Å². The van der Waals surface area contributed by atoms with E-state index in [0.29, 0.717) is 5.69 Å². The van der Waals surface area contributed by atoms with Crippen LogP contribution in [0.25, 0.3) is 0 Å². The molecule has 2 aromatic heterocycles. The van der Waals surface area contributed by atoms with Gasteiger partial charge < -0.3 is 9.84 Å². The zero-order chi connectivity index (χ0) is 15.0. The van der Waals surface area contributed by atoms with Gasteiger partial charge in [0.2, 0.25) is 0 Å². The Hall–Kier alpha value is -2.11. The second-order valence-corrected chi connectivity index (χ2v) is 5.68. The number of aryl methyl sites for hydroxylation is 3. The molecule has 1 amide bonds. The Morgan fingerprint density at radius 2 is 2.19 bits per heavy atom. The molecule has 0 aliphatic heterocycles. The molecule has 0 bridgehead atoms. The standard InChI is InChI=1S/C15H20N4O2/c1-9(12-8-19(3)17-10(12)2)16-15(20)14-11-6-4-5-7-13(11)21-18-14/h8-9H,4-7H2,1-3H3,(H,16,20)/t9-/m1/s1. The van der Waals surface area contributed by atoms with Crippen molar-refractivity contribution in [1.29, 1.82) is 0 Å². The number of aromatic nitrogens is 3. The van der Waals surface area contributed by atoms with Crippen LogP contribution in [-0.2, 0) is 19.9 Å². The molecular weight excluding hydrogens is 268 g/mol. The predicted octanol–water partition coefficient (Wildman–Crippen LogP) is 2.09. The van der Waals surface area contributed by atoms with E-state index in [2.05, 4.69) is 15.6 Å². The van der Waals surface area contributed by atoms with Crippen LogP contribution in [-0.4, -0.2) is 20.8 Å². The maximum atomic E-state index is 12.4. The van der Waals surface area contributed by atoms with Gasteiger partial charge in [0, 0.05) is 30.8 Å². The Kier molecular flexibility index (Phi) is 3.53. The lowest BCUT2D eigenvalue weighted by molar-refractivity contribution is 0.0930. The molecule has 3 rings (SSSR count). The molecular formula is C15H20N4O2.